The zero-order valence-electron chi connectivity index (χ0n) is 27.1. The number of hydrogen-bond acceptors (Lipinski definition) is 11. The molecule has 0 radical (unpaired) electrons. The predicted molar refractivity (Wildman–Crippen MR) is 180 cm³/mol. The Bertz CT molecular complexity index is 967. The van der Waals surface area contributed by atoms with Gasteiger partial charge in [0.2, 0.25) is 11.8 Å². The highest BCUT2D eigenvalue weighted by Gasteiger charge is 2.42. The van der Waals surface area contributed by atoms with Crippen LogP contribution in [0, 0.1) is 0 Å². The van der Waals surface area contributed by atoms with Crippen molar-refractivity contribution in [3.63, 3.8) is 0 Å². The molecule has 4 atom stereocenters. The first-order chi connectivity index (χ1) is 22.3. The molecule has 3 N–H and O–H groups in total. The third kappa shape index (κ3) is 15.3. The molecule has 3 aliphatic heterocycles. The van der Waals surface area contributed by atoms with Gasteiger partial charge < -0.3 is 39.8 Å². The predicted octanol–water partition coefficient (Wildman–Crippen LogP) is 0.873. The van der Waals surface area contributed by atoms with Crippen molar-refractivity contribution >= 4 is 48.0 Å². The van der Waals surface area contributed by atoms with Gasteiger partial charge in [-0.1, -0.05) is 12.5 Å². The minimum absolute atomic E-state index is 0.00436. The minimum atomic E-state index is -0.287. The number of urea groups is 1. The van der Waals surface area contributed by atoms with Gasteiger partial charge in [-0.05, 0) is 25.8 Å². The molecule has 0 aromatic heterocycles. The Morgan fingerprint density at radius 3 is 2.26 bits per heavy atom. The number of unbranched alkanes of at least 4 members (excludes halogenated alkanes) is 1. The molecule has 3 fully saturated rings. The van der Waals surface area contributed by atoms with Crippen LogP contribution >= 0.6 is 24.4 Å². The molecule has 46 heavy (non-hydrogen) atoms. The molecule has 3 rings (SSSR count). The van der Waals surface area contributed by atoms with Crippen molar-refractivity contribution in [3.8, 4) is 0 Å². The molecule has 0 spiro atoms. The van der Waals surface area contributed by atoms with E-state index in [1.807, 2.05) is 22.7 Å². The van der Waals surface area contributed by atoms with Gasteiger partial charge in [-0.3, -0.25) is 19.3 Å². The van der Waals surface area contributed by atoms with Crippen molar-refractivity contribution in [3.05, 3.63) is 12.2 Å². The highest BCUT2D eigenvalue weighted by atomic mass is 32.2. The maximum absolute atomic E-state index is 12.4. The second-order valence-electron chi connectivity index (χ2n) is 11.6. The lowest BCUT2D eigenvalue weighted by molar-refractivity contribution is -0.134. The summed E-state index contributed by atoms with van der Waals surface area (Å²) in [5.41, 5.74) is 0. The van der Waals surface area contributed by atoms with Crippen molar-refractivity contribution in [2.45, 2.75) is 61.6 Å². The number of carbonyl (C=O) groups excluding carboxylic acids is 4. The van der Waals surface area contributed by atoms with Crippen LogP contribution in [0.2, 0.25) is 0 Å². The Balaban J connectivity index is 1.01. The van der Waals surface area contributed by atoms with Gasteiger partial charge in [-0.2, -0.15) is 24.4 Å². The summed E-state index contributed by atoms with van der Waals surface area (Å²) in [5, 5.41) is 8.98. The van der Waals surface area contributed by atoms with Crippen molar-refractivity contribution in [2.24, 2.45) is 0 Å². The van der Waals surface area contributed by atoms with Gasteiger partial charge in [0.15, 0.2) is 5.78 Å². The molecule has 0 aromatic rings. The first-order valence-corrected chi connectivity index (χ1v) is 18.0. The molecule has 0 aliphatic carbocycles. The number of nitrogens with zero attached hydrogens (tertiary/aromatic N) is 2. The Kier molecular flexibility index (Phi) is 19.0. The lowest BCUT2D eigenvalue weighted by atomic mass is 10.0. The van der Waals surface area contributed by atoms with E-state index >= 15 is 0 Å². The van der Waals surface area contributed by atoms with E-state index in [0.717, 1.165) is 38.1 Å². The summed E-state index contributed by atoms with van der Waals surface area (Å²) < 4.78 is 22.0. The van der Waals surface area contributed by atoms with Crippen LogP contribution in [-0.2, 0) is 33.3 Å². The number of piperazine rings is 1. The summed E-state index contributed by atoms with van der Waals surface area (Å²) in [7, 11) is 0. The molecule has 262 valence electrons. The van der Waals surface area contributed by atoms with E-state index < -0.39 is 0 Å². The largest absolute Gasteiger partial charge is 0.379 e. The van der Waals surface area contributed by atoms with Crippen molar-refractivity contribution in [1.29, 1.82) is 0 Å². The summed E-state index contributed by atoms with van der Waals surface area (Å²) in [6, 6.07) is 0.398. The number of thiol groups is 1. The number of allylic oxidation sites excluding steroid dienone is 1. The number of hydrogen-bond donors (Lipinski definition) is 4. The van der Waals surface area contributed by atoms with E-state index in [2.05, 4.69) is 33.5 Å². The molecule has 3 heterocycles. The van der Waals surface area contributed by atoms with Crippen LogP contribution < -0.4 is 16.0 Å². The van der Waals surface area contributed by atoms with Crippen LogP contribution in [0.5, 0.6) is 0 Å². The van der Waals surface area contributed by atoms with E-state index in [9.17, 15) is 19.2 Å². The highest BCUT2D eigenvalue weighted by molar-refractivity contribution is 8.00. The maximum atomic E-state index is 12.4. The lowest BCUT2D eigenvalue weighted by Gasteiger charge is -2.34. The quantitative estimate of drug-likeness (QED) is 0.0499. The van der Waals surface area contributed by atoms with Gasteiger partial charge in [0, 0.05) is 56.7 Å². The molecule has 3 unspecified atom stereocenters. The molecular weight excluding hydrogens is 635 g/mol. The van der Waals surface area contributed by atoms with Crippen molar-refractivity contribution in [2.75, 3.05) is 97.9 Å². The number of ketones is 1. The molecule has 0 saturated carbocycles. The molecule has 4 amide bonds. The van der Waals surface area contributed by atoms with Gasteiger partial charge >= 0.3 is 6.03 Å². The number of nitrogens with one attached hydrogen (secondary N) is 3. The normalized spacial score (nSPS) is 22.1. The van der Waals surface area contributed by atoms with E-state index in [4.69, 9.17) is 18.9 Å². The summed E-state index contributed by atoms with van der Waals surface area (Å²) in [5.74, 6) is 1.09. The SMILES string of the molecule is CC(S)C(=O)/C=C/CN1CCN(C(=O)CCOCCOCCOCCOCCNC(=O)CCCC[C@@H]2SCC3NC(=O)NC32)CC1. The molecule has 13 nitrogen and oxygen atoms in total. The van der Waals surface area contributed by atoms with Gasteiger partial charge in [-0.25, -0.2) is 4.79 Å². The van der Waals surface area contributed by atoms with Crippen LogP contribution in [0.3, 0.4) is 0 Å². The van der Waals surface area contributed by atoms with Crippen LogP contribution in [0.1, 0.15) is 39.0 Å². The average molecular weight is 688 g/mol. The average Bonchev–Trinajstić information content (AvgIpc) is 3.60. The number of ether oxygens (including phenoxy) is 4. The van der Waals surface area contributed by atoms with E-state index in [1.165, 1.54) is 0 Å². The van der Waals surface area contributed by atoms with Gasteiger partial charge in [0.05, 0.1) is 76.6 Å². The van der Waals surface area contributed by atoms with E-state index in [0.29, 0.717) is 97.1 Å². The molecule has 3 aliphatic rings. The van der Waals surface area contributed by atoms with Gasteiger partial charge in [0.1, 0.15) is 0 Å². The van der Waals surface area contributed by atoms with Crippen LogP contribution in [0.15, 0.2) is 12.2 Å². The van der Waals surface area contributed by atoms with Crippen molar-refractivity contribution in [1.82, 2.24) is 25.8 Å². The Morgan fingerprint density at radius 1 is 0.935 bits per heavy atom. The summed E-state index contributed by atoms with van der Waals surface area (Å²) in [6.07, 6.45) is 7.11. The second-order valence-corrected chi connectivity index (χ2v) is 13.6. The van der Waals surface area contributed by atoms with Crippen LogP contribution in [0.4, 0.5) is 4.79 Å². The third-order valence-electron chi connectivity index (χ3n) is 8.01. The Morgan fingerprint density at radius 2 is 1.59 bits per heavy atom. The van der Waals surface area contributed by atoms with E-state index in [-0.39, 0.29) is 41.0 Å². The first-order valence-electron chi connectivity index (χ1n) is 16.5. The zero-order chi connectivity index (χ0) is 33.0. The molecule has 15 heteroatoms. The topological polar surface area (TPSA) is 148 Å². The molecule has 0 bridgehead atoms. The molecular formula is C31H53N5O8S2. The van der Waals surface area contributed by atoms with E-state index in [1.54, 1.807) is 13.0 Å². The summed E-state index contributed by atoms with van der Waals surface area (Å²) in [4.78, 5) is 51.6. The minimum Gasteiger partial charge on any atom is -0.379 e. The standard InChI is InChI=1S/C31H53N5O8S2/c1-24(45)26(37)5-4-10-35-11-13-36(14-12-35)29(39)8-15-41-17-19-43-21-22-44-20-18-42-16-9-32-28(38)7-3-2-6-27-30-25(23-46-27)33-31(40)34-30/h4-5,24-25,27,30,45H,2-3,6-23H2,1H3,(H,32,38)(H2,33,34,40)/b5-4+/t24?,25?,27-,30?/m0/s1. The number of carbonyl (C=O) groups is 4. The highest BCUT2D eigenvalue weighted by Crippen LogP contribution is 2.33. The Labute approximate surface area is 283 Å². The second kappa shape index (κ2) is 22.6. The first kappa shape index (κ1) is 38.6. The Hall–Kier alpha value is -1.88. The number of amides is 4. The number of rotatable bonds is 24. The van der Waals surface area contributed by atoms with Crippen molar-refractivity contribution < 1.29 is 38.1 Å². The van der Waals surface area contributed by atoms with Crippen LogP contribution in [-0.4, -0.2) is 154 Å². The fourth-order valence-corrected chi connectivity index (χ4v) is 6.97. The van der Waals surface area contributed by atoms with Crippen LogP contribution in [0.25, 0.3) is 0 Å². The maximum Gasteiger partial charge on any atom is 0.315 e. The molecule has 3 saturated heterocycles. The van der Waals surface area contributed by atoms with Gasteiger partial charge in [0.25, 0.3) is 0 Å². The monoisotopic (exact) mass is 687 g/mol. The summed E-state index contributed by atoms with van der Waals surface area (Å²) >= 11 is 6.03. The van der Waals surface area contributed by atoms with Gasteiger partial charge in [-0.15, -0.1) is 0 Å². The fraction of sp³-hybridized carbons (Fsp3) is 0.806. The number of thioether (sulfide) groups is 1. The molecule has 0 aromatic carbocycles. The zero-order valence-corrected chi connectivity index (χ0v) is 28.8. The third-order valence-corrected chi connectivity index (χ3v) is 9.77. The lowest BCUT2D eigenvalue weighted by Crippen LogP contribution is -2.48. The smallest absolute Gasteiger partial charge is 0.315 e. The summed E-state index contributed by atoms with van der Waals surface area (Å²) in [6.45, 7) is 9.32. The fourth-order valence-electron chi connectivity index (χ4n) is 5.34. The number of fused-ring (bicyclic) bond motifs is 1.